The Morgan fingerprint density at radius 3 is 1.92 bits per heavy atom. The van der Waals surface area contributed by atoms with Crippen molar-refractivity contribution in [3.05, 3.63) is 0 Å². The van der Waals surface area contributed by atoms with Gasteiger partial charge in [-0.3, -0.25) is 4.79 Å². The largest absolute Gasteiger partial charge is 0.366 e. The first kappa shape index (κ1) is 10.8. The Morgan fingerprint density at radius 1 is 1.23 bits per heavy atom. The molecule has 1 saturated heterocycles. The van der Waals surface area contributed by atoms with Crippen LogP contribution in [0.25, 0.3) is 0 Å². The minimum absolute atomic E-state index is 0.313. The molecule has 0 atom stereocenters. The predicted molar refractivity (Wildman–Crippen MR) is 52.1 cm³/mol. The van der Waals surface area contributed by atoms with Crippen molar-refractivity contribution in [3.63, 3.8) is 0 Å². The number of carbonyl (C=O) groups is 1. The van der Waals surface area contributed by atoms with E-state index in [0.29, 0.717) is 13.1 Å². The van der Waals surface area contributed by atoms with Crippen LogP contribution in [-0.2, 0) is 4.74 Å². The zero-order valence-electron chi connectivity index (χ0n) is 8.56. The maximum atomic E-state index is 11.0. The van der Waals surface area contributed by atoms with Gasteiger partial charge in [0.25, 0.3) is 0 Å². The summed E-state index contributed by atoms with van der Waals surface area (Å²) in [6.07, 6.45) is 0. The molecule has 1 rings (SSSR count). The second kappa shape index (κ2) is 3.14. The summed E-state index contributed by atoms with van der Waals surface area (Å²) in [5, 5.41) is -0.399. The molecule has 4 heteroatoms. The van der Waals surface area contributed by atoms with Crippen LogP contribution < -0.4 is 0 Å². The van der Waals surface area contributed by atoms with Crippen LogP contribution in [0.5, 0.6) is 0 Å². The first-order chi connectivity index (χ1) is 5.72. The van der Waals surface area contributed by atoms with E-state index in [1.807, 2.05) is 27.7 Å². The number of morpholine rings is 1. The van der Waals surface area contributed by atoms with Gasteiger partial charge in [0.1, 0.15) is 0 Å². The summed E-state index contributed by atoms with van der Waals surface area (Å²) in [4.78, 5) is 12.6. The first-order valence-electron chi connectivity index (χ1n) is 4.36. The number of rotatable bonds is 0. The minimum atomic E-state index is -0.399. The normalized spacial score (nSPS) is 25.8. The Morgan fingerprint density at radius 2 is 1.62 bits per heavy atom. The molecule has 0 spiro atoms. The van der Waals surface area contributed by atoms with E-state index in [9.17, 15) is 4.79 Å². The monoisotopic (exact) mass is 205 g/mol. The number of carbonyl (C=O) groups excluding carboxylic acids is 1. The van der Waals surface area contributed by atoms with Crippen LogP contribution in [0.4, 0.5) is 4.79 Å². The van der Waals surface area contributed by atoms with Gasteiger partial charge in [-0.15, -0.1) is 0 Å². The highest BCUT2D eigenvalue weighted by atomic mass is 35.5. The number of hydrogen-bond donors (Lipinski definition) is 0. The summed E-state index contributed by atoms with van der Waals surface area (Å²) >= 11 is 5.44. The number of amides is 1. The van der Waals surface area contributed by atoms with Gasteiger partial charge >= 0.3 is 5.37 Å². The van der Waals surface area contributed by atoms with Gasteiger partial charge in [-0.2, -0.15) is 0 Å². The topological polar surface area (TPSA) is 29.5 Å². The SMILES string of the molecule is CC1(C)CN(C(=O)Cl)CC(C)(C)O1. The van der Waals surface area contributed by atoms with Crippen molar-refractivity contribution in [3.8, 4) is 0 Å². The fourth-order valence-electron chi connectivity index (χ4n) is 1.91. The maximum Gasteiger partial charge on any atom is 0.316 e. The van der Waals surface area contributed by atoms with Crippen molar-refractivity contribution in [1.29, 1.82) is 0 Å². The van der Waals surface area contributed by atoms with Gasteiger partial charge in [0.15, 0.2) is 0 Å². The quantitative estimate of drug-likeness (QED) is 0.449. The molecule has 0 radical (unpaired) electrons. The average molecular weight is 206 g/mol. The van der Waals surface area contributed by atoms with Crippen LogP contribution in [0.3, 0.4) is 0 Å². The van der Waals surface area contributed by atoms with Crippen molar-refractivity contribution < 1.29 is 9.53 Å². The van der Waals surface area contributed by atoms with Crippen molar-refractivity contribution in [2.75, 3.05) is 13.1 Å². The third kappa shape index (κ3) is 2.85. The molecule has 0 aromatic carbocycles. The van der Waals surface area contributed by atoms with Crippen LogP contribution in [0.2, 0.25) is 0 Å². The van der Waals surface area contributed by atoms with Crippen molar-refractivity contribution in [2.45, 2.75) is 38.9 Å². The summed E-state index contributed by atoms with van der Waals surface area (Å²) in [5.41, 5.74) is -0.626. The standard InChI is InChI=1S/C9H16ClNO2/c1-8(2)5-11(7(10)12)6-9(3,4)13-8/h5-6H2,1-4H3. The number of halogens is 1. The van der Waals surface area contributed by atoms with E-state index in [1.54, 1.807) is 4.90 Å². The minimum Gasteiger partial charge on any atom is -0.366 e. The third-order valence-corrected chi connectivity index (χ3v) is 2.18. The summed E-state index contributed by atoms with van der Waals surface area (Å²) in [5.74, 6) is 0. The fraction of sp³-hybridized carbons (Fsp3) is 0.889. The molecule has 0 aromatic rings. The maximum absolute atomic E-state index is 11.0. The first-order valence-corrected chi connectivity index (χ1v) is 4.74. The van der Waals surface area contributed by atoms with Crippen molar-refractivity contribution in [2.24, 2.45) is 0 Å². The Hall–Kier alpha value is -0.280. The van der Waals surface area contributed by atoms with Crippen LogP contribution in [0.1, 0.15) is 27.7 Å². The van der Waals surface area contributed by atoms with E-state index in [4.69, 9.17) is 16.3 Å². The molecule has 1 heterocycles. The van der Waals surface area contributed by atoms with E-state index >= 15 is 0 Å². The molecule has 76 valence electrons. The number of ether oxygens (including phenoxy) is 1. The summed E-state index contributed by atoms with van der Waals surface area (Å²) < 4.78 is 5.79. The fourth-order valence-corrected chi connectivity index (χ4v) is 2.03. The molecule has 0 bridgehead atoms. The van der Waals surface area contributed by atoms with E-state index in [0.717, 1.165) is 0 Å². The smallest absolute Gasteiger partial charge is 0.316 e. The highest BCUT2D eigenvalue weighted by Crippen LogP contribution is 2.28. The molecule has 0 aromatic heterocycles. The zero-order chi connectivity index (χ0) is 10.3. The van der Waals surface area contributed by atoms with Gasteiger partial charge < -0.3 is 9.64 Å². The molecular weight excluding hydrogens is 190 g/mol. The summed E-state index contributed by atoms with van der Waals surface area (Å²) in [6.45, 7) is 8.94. The molecule has 0 saturated carbocycles. The van der Waals surface area contributed by atoms with Gasteiger partial charge in [0, 0.05) is 0 Å². The van der Waals surface area contributed by atoms with Gasteiger partial charge in [-0.1, -0.05) is 0 Å². The van der Waals surface area contributed by atoms with E-state index in [-0.39, 0.29) is 11.2 Å². The number of nitrogens with zero attached hydrogens (tertiary/aromatic N) is 1. The van der Waals surface area contributed by atoms with Crippen LogP contribution >= 0.6 is 11.6 Å². The third-order valence-electron chi connectivity index (χ3n) is 1.94. The molecule has 0 aliphatic carbocycles. The Bertz CT molecular complexity index is 210. The van der Waals surface area contributed by atoms with E-state index in [2.05, 4.69) is 0 Å². The average Bonchev–Trinajstić information content (AvgIpc) is 1.79. The molecule has 1 fully saturated rings. The molecule has 1 aliphatic rings. The predicted octanol–water partition coefficient (Wildman–Crippen LogP) is 2.23. The van der Waals surface area contributed by atoms with E-state index < -0.39 is 5.37 Å². The number of hydrogen-bond acceptors (Lipinski definition) is 2. The zero-order valence-corrected chi connectivity index (χ0v) is 9.31. The van der Waals surface area contributed by atoms with Gasteiger partial charge in [0.05, 0.1) is 24.3 Å². The highest BCUT2D eigenvalue weighted by molar-refractivity contribution is 6.62. The lowest BCUT2D eigenvalue weighted by Gasteiger charge is -2.46. The van der Waals surface area contributed by atoms with E-state index in [1.165, 1.54) is 0 Å². The lowest BCUT2D eigenvalue weighted by molar-refractivity contribution is -0.168. The van der Waals surface area contributed by atoms with Gasteiger partial charge in [0.2, 0.25) is 0 Å². The Kier molecular flexibility index (Phi) is 2.61. The molecular formula is C9H16ClNO2. The lowest BCUT2D eigenvalue weighted by Crippen LogP contribution is -2.57. The second-order valence-corrected chi connectivity index (χ2v) is 5.05. The molecule has 0 unspecified atom stereocenters. The second-order valence-electron chi connectivity index (χ2n) is 4.73. The van der Waals surface area contributed by atoms with Crippen LogP contribution in [0.15, 0.2) is 0 Å². The Labute approximate surface area is 84.0 Å². The van der Waals surface area contributed by atoms with Crippen LogP contribution in [-0.4, -0.2) is 34.6 Å². The molecule has 1 amide bonds. The van der Waals surface area contributed by atoms with Crippen molar-refractivity contribution >= 4 is 17.0 Å². The molecule has 0 N–H and O–H groups in total. The summed E-state index contributed by atoms with van der Waals surface area (Å²) in [6, 6.07) is 0. The lowest BCUT2D eigenvalue weighted by atomic mass is 10.00. The Balaban J connectivity index is 2.78. The van der Waals surface area contributed by atoms with Gasteiger partial charge in [-0.05, 0) is 39.3 Å². The molecule has 13 heavy (non-hydrogen) atoms. The molecule has 3 nitrogen and oxygen atoms in total. The summed E-state index contributed by atoms with van der Waals surface area (Å²) in [7, 11) is 0. The molecule has 1 aliphatic heterocycles. The van der Waals surface area contributed by atoms with Crippen LogP contribution in [0, 0.1) is 0 Å². The van der Waals surface area contributed by atoms with Crippen molar-refractivity contribution in [1.82, 2.24) is 4.90 Å². The van der Waals surface area contributed by atoms with Gasteiger partial charge in [-0.25, -0.2) is 0 Å². The highest BCUT2D eigenvalue weighted by Gasteiger charge is 2.39.